The van der Waals surface area contributed by atoms with Gasteiger partial charge in [-0.1, -0.05) is 18.2 Å². The molecule has 0 saturated carbocycles. The number of aromatic nitrogens is 1. The minimum absolute atomic E-state index is 0.0234. The zero-order chi connectivity index (χ0) is 24.2. The van der Waals surface area contributed by atoms with E-state index in [1.165, 1.54) is 23.0 Å². The van der Waals surface area contributed by atoms with Gasteiger partial charge in [0.15, 0.2) is 14.6 Å². The first-order chi connectivity index (χ1) is 15.6. The van der Waals surface area contributed by atoms with Crippen LogP contribution in [0.5, 0.6) is 5.75 Å². The van der Waals surface area contributed by atoms with Gasteiger partial charge in [0.05, 0.1) is 6.61 Å². The quantitative estimate of drug-likeness (QED) is 0.318. The van der Waals surface area contributed by atoms with Gasteiger partial charge in [-0.2, -0.15) is 0 Å². The van der Waals surface area contributed by atoms with Crippen LogP contribution in [0.3, 0.4) is 0 Å². The van der Waals surface area contributed by atoms with Crippen molar-refractivity contribution in [3.8, 4) is 16.9 Å². The van der Waals surface area contributed by atoms with E-state index in [4.69, 9.17) is 15.1 Å². The predicted octanol–water partition coefficient (Wildman–Crippen LogP) is 1.74. The molecule has 0 saturated heterocycles. The number of sulfone groups is 1. The topological polar surface area (TPSA) is 135 Å². The predicted molar refractivity (Wildman–Crippen MR) is 124 cm³/mol. The highest BCUT2D eigenvalue weighted by molar-refractivity contribution is 7.92. The van der Waals surface area contributed by atoms with Crippen LogP contribution >= 0.6 is 0 Å². The summed E-state index contributed by atoms with van der Waals surface area (Å²) in [5.74, 6) is -0.390. The number of ether oxygens (including phenoxy) is 1. The fourth-order valence-electron chi connectivity index (χ4n) is 3.45. The van der Waals surface area contributed by atoms with Gasteiger partial charge < -0.3 is 14.4 Å². The Morgan fingerprint density at radius 1 is 1.09 bits per heavy atom. The highest BCUT2D eigenvalue weighted by atomic mass is 32.2. The number of nitrogens with one attached hydrogen (secondary N) is 1. The minimum Gasteiger partial charge on any atom is -0.491 e. The van der Waals surface area contributed by atoms with E-state index in [0.29, 0.717) is 11.3 Å². The highest BCUT2D eigenvalue weighted by Crippen LogP contribution is 2.27. The number of carbonyl (C=O) groups is 1. The van der Waals surface area contributed by atoms with Gasteiger partial charge in [0.1, 0.15) is 12.4 Å². The van der Waals surface area contributed by atoms with Gasteiger partial charge in [-0.05, 0) is 59.5 Å². The van der Waals surface area contributed by atoms with Crippen LogP contribution < -0.4 is 15.8 Å². The fourth-order valence-corrected chi connectivity index (χ4v) is 4.29. The number of aliphatic hydroxyl groups is 1. The zero-order valence-corrected chi connectivity index (χ0v) is 19.1. The number of rotatable bonds is 9. The summed E-state index contributed by atoms with van der Waals surface area (Å²) >= 11 is 0. The molecule has 3 rings (SSSR count). The summed E-state index contributed by atoms with van der Waals surface area (Å²) in [6.07, 6.45) is 2.27. The number of pyridine rings is 1. The summed E-state index contributed by atoms with van der Waals surface area (Å²) in [5.41, 5.74) is 2.57. The summed E-state index contributed by atoms with van der Waals surface area (Å²) in [7, 11) is -3.85. The first-order valence-corrected chi connectivity index (χ1v) is 12.1. The fraction of sp³-hybridized carbons (Fsp3) is 0.304. The van der Waals surface area contributed by atoms with Crippen LogP contribution in [0.15, 0.2) is 59.5 Å². The smallest absolute Gasteiger partial charge is 0.264 e. The lowest BCUT2D eigenvalue weighted by Gasteiger charge is -2.25. The molecule has 1 aromatic heterocycles. The number of fused-ring (bicyclic) bond motifs is 1. The Morgan fingerprint density at radius 3 is 2.39 bits per heavy atom. The Hall–Kier alpha value is -3.21. The maximum Gasteiger partial charge on any atom is 0.264 e. The Bertz CT molecular complexity index is 1330. The number of amides is 1. The lowest BCUT2D eigenvalue weighted by Crippen LogP contribution is -2.49. The molecule has 1 atom stereocenters. The molecular weight excluding hydrogens is 448 g/mol. The summed E-state index contributed by atoms with van der Waals surface area (Å²) in [6.45, 7) is 1.34. The van der Waals surface area contributed by atoms with Crippen molar-refractivity contribution in [2.75, 3.05) is 19.5 Å². The lowest BCUT2D eigenvalue weighted by molar-refractivity contribution is -0.131. The van der Waals surface area contributed by atoms with Gasteiger partial charge in [-0.15, -0.1) is 0 Å². The Morgan fingerprint density at radius 2 is 1.76 bits per heavy atom. The summed E-state index contributed by atoms with van der Waals surface area (Å²) in [5, 5.41) is 19.7. The van der Waals surface area contributed by atoms with Gasteiger partial charge in [0.2, 0.25) is 0 Å². The molecule has 1 amide bonds. The van der Waals surface area contributed by atoms with E-state index < -0.39 is 20.5 Å². The standard InChI is InChI=1S/C23H26N2O7S/c1-23(22(28)24-29,33(2,30)31)8-10-25-9-7-19(15-21(25)27)16-3-4-18-14-20(32-12-11-26)6-5-17(18)13-16/h3-7,9,13-15,26,29H,8,10-12H2,1-2H3,(H,24,28). The van der Waals surface area contributed by atoms with E-state index in [2.05, 4.69) is 0 Å². The minimum atomic E-state index is -3.85. The number of benzene rings is 2. The molecular formula is C23H26N2O7S. The number of hydrogen-bond donors (Lipinski definition) is 3. The van der Waals surface area contributed by atoms with Crippen LogP contribution in [0.4, 0.5) is 0 Å². The normalized spacial score (nSPS) is 13.5. The van der Waals surface area contributed by atoms with Crippen molar-refractivity contribution in [2.24, 2.45) is 0 Å². The third-order valence-electron chi connectivity index (χ3n) is 5.73. The molecule has 3 N–H and O–H groups in total. The van der Waals surface area contributed by atoms with Crippen molar-refractivity contribution in [1.82, 2.24) is 10.0 Å². The van der Waals surface area contributed by atoms with Gasteiger partial charge in [-0.25, -0.2) is 13.9 Å². The average molecular weight is 475 g/mol. The summed E-state index contributed by atoms with van der Waals surface area (Å²) < 4.78 is 29.1. The molecule has 9 nitrogen and oxygen atoms in total. The largest absolute Gasteiger partial charge is 0.491 e. The monoisotopic (exact) mass is 474 g/mol. The summed E-state index contributed by atoms with van der Waals surface area (Å²) in [4.78, 5) is 24.6. The molecule has 0 fully saturated rings. The first kappa shape index (κ1) is 24.4. The average Bonchev–Trinajstić information content (AvgIpc) is 2.79. The van der Waals surface area contributed by atoms with E-state index in [1.807, 2.05) is 30.3 Å². The van der Waals surface area contributed by atoms with Crippen LogP contribution in [-0.2, 0) is 21.2 Å². The zero-order valence-electron chi connectivity index (χ0n) is 18.3. The molecule has 10 heteroatoms. The number of aliphatic hydroxyl groups excluding tert-OH is 1. The van der Waals surface area contributed by atoms with Gasteiger partial charge in [0.25, 0.3) is 11.5 Å². The third kappa shape index (κ3) is 5.24. The van der Waals surface area contributed by atoms with Crippen molar-refractivity contribution in [1.29, 1.82) is 0 Å². The van der Waals surface area contributed by atoms with Crippen molar-refractivity contribution < 1.29 is 28.3 Å². The molecule has 3 aromatic rings. The molecule has 1 heterocycles. The highest BCUT2D eigenvalue weighted by Gasteiger charge is 2.43. The number of hydrogen-bond acceptors (Lipinski definition) is 7. The van der Waals surface area contributed by atoms with Crippen LogP contribution in [0.25, 0.3) is 21.9 Å². The van der Waals surface area contributed by atoms with Crippen molar-refractivity contribution in [3.05, 3.63) is 65.1 Å². The maximum atomic E-state index is 12.7. The molecule has 0 bridgehead atoms. The SMILES string of the molecule is CC(CCn1ccc(-c2ccc3cc(OCCO)ccc3c2)cc1=O)(C(=O)NO)S(C)(=O)=O. The Kier molecular flexibility index (Phi) is 7.21. The molecule has 2 aromatic carbocycles. The van der Waals surface area contributed by atoms with E-state index >= 15 is 0 Å². The number of aryl methyl sites for hydroxylation is 1. The molecule has 0 aliphatic carbocycles. The first-order valence-electron chi connectivity index (χ1n) is 10.2. The van der Waals surface area contributed by atoms with Crippen molar-refractivity contribution in [3.63, 3.8) is 0 Å². The molecule has 33 heavy (non-hydrogen) atoms. The maximum absolute atomic E-state index is 12.7. The molecule has 0 aliphatic rings. The van der Waals surface area contributed by atoms with Gasteiger partial charge in [0, 0.05) is 25.1 Å². The van der Waals surface area contributed by atoms with E-state index in [9.17, 15) is 18.0 Å². The second-order valence-electron chi connectivity index (χ2n) is 7.94. The number of hydroxylamine groups is 1. The molecule has 0 radical (unpaired) electrons. The summed E-state index contributed by atoms with van der Waals surface area (Å²) in [6, 6.07) is 14.5. The molecule has 0 aliphatic heterocycles. The van der Waals surface area contributed by atoms with E-state index in [-0.39, 0.29) is 31.7 Å². The molecule has 176 valence electrons. The second kappa shape index (κ2) is 9.74. The van der Waals surface area contributed by atoms with Crippen LogP contribution in [0.2, 0.25) is 0 Å². The van der Waals surface area contributed by atoms with Crippen LogP contribution in [-0.4, -0.2) is 53.4 Å². The second-order valence-corrected chi connectivity index (χ2v) is 10.4. The third-order valence-corrected chi connectivity index (χ3v) is 7.76. The Balaban J connectivity index is 1.83. The van der Waals surface area contributed by atoms with E-state index in [1.54, 1.807) is 18.3 Å². The Labute approximate surface area is 191 Å². The molecule has 0 spiro atoms. The lowest BCUT2D eigenvalue weighted by atomic mass is 10.0. The van der Waals surface area contributed by atoms with E-state index in [0.717, 1.165) is 22.6 Å². The molecule has 1 unspecified atom stereocenters. The van der Waals surface area contributed by atoms with Gasteiger partial charge in [-0.3, -0.25) is 14.8 Å². The van der Waals surface area contributed by atoms with Crippen molar-refractivity contribution in [2.45, 2.75) is 24.6 Å². The van der Waals surface area contributed by atoms with Crippen LogP contribution in [0, 0.1) is 0 Å². The number of carbonyl (C=O) groups excluding carboxylic acids is 1. The number of nitrogens with zero attached hydrogens (tertiary/aromatic N) is 1. The van der Waals surface area contributed by atoms with Gasteiger partial charge >= 0.3 is 0 Å². The van der Waals surface area contributed by atoms with Crippen molar-refractivity contribution >= 4 is 26.5 Å². The van der Waals surface area contributed by atoms with Crippen LogP contribution in [0.1, 0.15) is 13.3 Å².